The number of pyridine rings is 2. The predicted octanol–water partition coefficient (Wildman–Crippen LogP) is 4.14. The van der Waals surface area contributed by atoms with E-state index in [4.69, 9.17) is 0 Å². The second-order valence-corrected chi connectivity index (χ2v) is 7.57. The Bertz CT molecular complexity index is 864. The van der Waals surface area contributed by atoms with Gasteiger partial charge in [-0.05, 0) is 68.2 Å². The monoisotopic (exact) mass is 320 g/mol. The van der Waals surface area contributed by atoms with Crippen LogP contribution in [0.2, 0.25) is 0 Å². The third-order valence-corrected chi connectivity index (χ3v) is 5.83. The molecule has 0 amide bonds. The van der Waals surface area contributed by atoms with E-state index in [0.29, 0.717) is 12.0 Å². The molecule has 2 fully saturated rings. The zero-order valence-electron chi connectivity index (χ0n) is 14.0. The van der Waals surface area contributed by atoms with E-state index >= 15 is 0 Å². The minimum Gasteiger partial charge on any atom is -0.360 e. The topological polar surface area (TPSA) is 53.6 Å². The number of fused-ring (bicyclic) bond motifs is 3. The maximum absolute atomic E-state index is 4.47. The summed E-state index contributed by atoms with van der Waals surface area (Å²) in [5, 5.41) is 6.35. The Morgan fingerprint density at radius 1 is 1.12 bits per heavy atom. The highest BCUT2D eigenvalue weighted by atomic mass is 14.9. The Morgan fingerprint density at radius 3 is 3.00 bits per heavy atom. The van der Waals surface area contributed by atoms with Gasteiger partial charge in [-0.1, -0.05) is 6.42 Å². The molecule has 2 unspecified atom stereocenters. The maximum Gasteiger partial charge on any atom is 0.159 e. The Morgan fingerprint density at radius 2 is 2.08 bits per heavy atom. The van der Waals surface area contributed by atoms with Gasteiger partial charge in [-0.25, -0.2) is 9.97 Å². The van der Waals surface area contributed by atoms with Gasteiger partial charge >= 0.3 is 0 Å². The van der Waals surface area contributed by atoms with Crippen LogP contribution in [0.15, 0.2) is 30.7 Å². The third kappa shape index (κ3) is 2.59. The molecule has 0 bridgehead atoms. The van der Waals surface area contributed by atoms with Crippen molar-refractivity contribution in [3.8, 4) is 0 Å². The van der Waals surface area contributed by atoms with E-state index < -0.39 is 0 Å². The van der Waals surface area contributed by atoms with Crippen molar-refractivity contribution in [2.45, 2.75) is 50.5 Å². The van der Waals surface area contributed by atoms with Crippen molar-refractivity contribution in [2.24, 2.45) is 5.92 Å². The molecule has 4 nitrogen and oxygen atoms in total. The van der Waals surface area contributed by atoms with Gasteiger partial charge in [0.2, 0.25) is 0 Å². The van der Waals surface area contributed by atoms with E-state index in [2.05, 4.69) is 38.6 Å². The smallest absolute Gasteiger partial charge is 0.159 e. The number of aromatic nitrogens is 3. The van der Waals surface area contributed by atoms with Crippen molar-refractivity contribution < 1.29 is 0 Å². The minimum absolute atomic E-state index is 0.632. The van der Waals surface area contributed by atoms with Crippen LogP contribution >= 0.6 is 0 Å². The average Bonchev–Trinajstić information content (AvgIpc) is 3.34. The van der Waals surface area contributed by atoms with Crippen LogP contribution in [0, 0.1) is 5.92 Å². The Hall–Kier alpha value is -1.94. The highest BCUT2D eigenvalue weighted by molar-refractivity contribution is 6.05. The molecule has 2 saturated carbocycles. The number of H-pyrrole nitrogens is 1. The van der Waals surface area contributed by atoms with Crippen molar-refractivity contribution in [2.75, 3.05) is 6.54 Å². The Labute approximate surface area is 142 Å². The summed E-state index contributed by atoms with van der Waals surface area (Å²) >= 11 is 0. The van der Waals surface area contributed by atoms with Crippen LogP contribution in [-0.2, 0) is 0 Å². The molecule has 0 radical (unpaired) electrons. The molecule has 4 heteroatoms. The van der Waals surface area contributed by atoms with Crippen molar-refractivity contribution >= 4 is 21.9 Å². The summed E-state index contributed by atoms with van der Waals surface area (Å²) in [5.41, 5.74) is 3.46. The first kappa shape index (κ1) is 14.4. The summed E-state index contributed by atoms with van der Waals surface area (Å²) in [7, 11) is 0. The number of nitrogens with zero attached hydrogens (tertiary/aromatic N) is 2. The normalized spacial score (nSPS) is 24.7. The molecule has 3 aromatic heterocycles. The van der Waals surface area contributed by atoms with E-state index in [9.17, 15) is 0 Å². The number of nitrogens with one attached hydrogen (secondary N) is 2. The Kier molecular flexibility index (Phi) is 3.51. The lowest BCUT2D eigenvalue weighted by molar-refractivity contribution is 0.337. The fourth-order valence-electron chi connectivity index (χ4n) is 4.34. The molecule has 0 spiro atoms. The molecule has 0 aromatic carbocycles. The molecule has 2 atom stereocenters. The standard InChI is InChI=1S/C20H24N4/c1-2-14(10-15(3-1)23-11-13-4-5-13)16-6-8-21-18-12-24-20-17(19(16)18)7-9-22-20/h6-9,12-15,21,23H,1-5,10-11H2. The molecular formula is C20H24N4. The molecule has 0 saturated heterocycles. The van der Waals surface area contributed by atoms with Gasteiger partial charge in [-0.15, -0.1) is 0 Å². The summed E-state index contributed by atoms with van der Waals surface area (Å²) in [6.07, 6.45) is 13.9. The van der Waals surface area contributed by atoms with E-state index in [0.717, 1.165) is 17.1 Å². The molecule has 0 aliphatic heterocycles. The van der Waals surface area contributed by atoms with Gasteiger partial charge in [0.1, 0.15) is 0 Å². The number of aromatic amines is 1. The zero-order valence-corrected chi connectivity index (χ0v) is 14.0. The summed E-state index contributed by atoms with van der Waals surface area (Å²) in [6.45, 7) is 1.22. The van der Waals surface area contributed by atoms with Crippen molar-refractivity contribution in [3.05, 3.63) is 36.3 Å². The second kappa shape index (κ2) is 5.85. The highest BCUT2D eigenvalue weighted by Crippen LogP contribution is 2.38. The molecule has 24 heavy (non-hydrogen) atoms. The van der Waals surface area contributed by atoms with Gasteiger partial charge in [0.25, 0.3) is 0 Å². The highest BCUT2D eigenvalue weighted by Gasteiger charge is 2.27. The van der Waals surface area contributed by atoms with E-state index in [1.165, 1.54) is 61.4 Å². The SMILES string of the molecule is c1cc2c(n1)ncc1[nH]ccc(C3CCCC(NCC4CC4)C3)c12. The van der Waals surface area contributed by atoms with Crippen LogP contribution in [0.4, 0.5) is 0 Å². The third-order valence-electron chi connectivity index (χ3n) is 5.83. The zero-order chi connectivity index (χ0) is 15.9. The lowest BCUT2D eigenvalue weighted by atomic mass is 9.80. The first-order chi connectivity index (χ1) is 11.9. The summed E-state index contributed by atoms with van der Waals surface area (Å²) in [4.78, 5) is 12.2. The van der Waals surface area contributed by atoms with Gasteiger partial charge in [-0.3, -0.25) is 0 Å². The molecular weight excluding hydrogens is 296 g/mol. The minimum atomic E-state index is 0.632. The Balaban J connectivity index is 1.49. The molecule has 5 rings (SSSR count). The molecule has 2 aliphatic rings. The maximum atomic E-state index is 4.47. The molecule has 3 aromatic rings. The molecule has 3 heterocycles. The van der Waals surface area contributed by atoms with E-state index in [1.54, 1.807) is 0 Å². The van der Waals surface area contributed by atoms with Gasteiger partial charge in [0.05, 0.1) is 11.7 Å². The van der Waals surface area contributed by atoms with Gasteiger partial charge in [0, 0.05) is 29.2 Å². The first-order valence-electron chi connectivity index (χ1n) is 9.32. The van der Waals surface area contributed by atoms with Gasteiger partial charge < -0.3 is 10.3 Å². The van der Waals surface area contributed by atoms with Crippen LogP contribution < -0.4 is 5.32 Å². The van der Waals surface area contributed by atoms with Gasteiger partial charge in [0.15, 0.2) is 5.65 Å². The van der Waals surface area contributed by atoms with Crippen LogP contribution in [0.3, 0.4) is 0 Å². The van der Waals surface area contributed by atoms with E-state index in [-0.39, 0.29) is 0 Å². The number of hydrogen-bond acceptors (Lipinski definition) is 3. The van der Waals surface area contributed by atoms with Crippen LogP contribution in [0.5, 0.6) is 0 Å². The lowest BCUT2D eigenvalue weighted by Gasteiger charge is -2.31. The second-order valence-electron chi connectivity index (χ2n) is 7.57. The molecule has 2 aliphatic carbocycles. The molecule has 124 valence electrons. The van der Waals surface area contributed by atoms with Crippen molar-refractivity contribution in [1.82, 2.24) is 20.3 Å². The van der Waals surface area contributed by atoms with Crippen molar-refractivity contribution in [1.29, 1.82) is 0 Å². The quantitative estimate of drug-likeness (QED) is 0.760. The van der Waals surface area contributed by atoms with Crippen LogP contribution in [-0.4, -0.2) is 27.5 Å². The fraction of sp³-hybridized carbons (Fsp3) is 0.500. The average molecular weight is 320 g/mol. The summed E-state index contributed by atoms with van der Waals surface area (Å²) in [5.74, 6) is 1.59. The van der Waals surface area contributed by atoms with Crippen molar-refractivity contribution in [3.63, 3.8) is 0 Å². The lowest BCUT2D eigenvalue weighted by Crippen LogP contribution is -2.34. The van der Waals surface area contributed by atoms with Crippen LogP contribution in [0.1, 0.15) is 50.0 Å². The largest absolute Gasteiger partial charge is 0.360 e. The van der Waals surface area contributed by atoms with E-state index in [1.807, 2.05) is 12.4 Å². The summed E-state index contributed by atoms with van der Waals surface area (Å²) in [6, 6.07) is 5.06. The number of hydrogen-bond donors (Lipinski definition) is 2. The predicted molar refractivity (Wildman–Crippen MR) is 97.1 cm³/mol. The molecule has 2 N–H and O–H groups in total. The summed E-state index contributed by atoms with van der Waals surface area (Å²) < 4.78 is 0. The first-order valence-corrected chi connectivity index (χ1v) is 9.32. The van der Waals surface area contributed by atoms with Gasteiger partial charge in [-0.2, -0.15) is 0 Å². The number of rotatable bonds is 4. The van der Waals surface area contributed by atoms with Crippen LogP contribution in [0.25, 0.3) is 21.9 Å². The fourth-order valence-corrected chi connectivity index (χ4v) is 4.34.